The molecule has 1 saturated heterocycles. The normalized spacial score (nSPS) is 25.8. The van der Waals surface area contributed by atoms with Gasteiger partial charge in [-0.1, -0.05) is 17.7 Å². The molecule has 1 aliphatic heterocycles. The van der Waals surface area contributed by atoms with E-state index in [1.807, 2.05) is 12.1 Å². The molecule has 3 heteroatoms. The Morgan fingerprint density at radius 3 is 2.87 bits per heavy atom. The van der Waals surface area contributed by atoms with Crippen molar-refractivity contribution < 1.29 is 0 Å². The van der Waals surface area contributed by atoms with E-state index in [-0.39, 0.29) is 5.54 Å². The molecule has 1 aromatic rings. The predicted molar refractivity (Wildman–Crippen MR) is 67.8 cm³/mol. The van der Waals surface area contributed by atoms with Gasteiger partial charge in [-0.25, -0.2) is 0 Å². The quantitative estimate of drug-likeness (QED) is 0.794. The Morgan fingerprint density at radius 1 is 1.47 bits per heavy atom. The molecule has 1 atom stereocenters. The van der Waals surface area contributed by atoms with Gasteiger partial charge in [0.25, 0.3) is 0 Å². The second kappa shape index (κ2) is 4.36. The van der Waals surface area contributed by atoms with Crippen LogP contribution < -0.4 is 5.32 Å². The van der Waals surface area contributed by atoms with Gasteiger partial charge in [0.15, 0.2) is 0 Å². The van der Waals surface area contributed by atoms with Gasteiger partial charge in [0.1, 0.15) is 0 Å². The third kappa shape index (κ3) is 2.03. The molecule has 1 fully saturated rings. The number of halogens is 1. The molecular weight excluding hydrogens is 226 g/mol. The van der Waals surface area contributed by atoms with E-state index in [1.165, 1.54) is 23.3 Å². The molecule has 15 heavy (non-hydrogen) atoms. The number of thioether (sulfide) groups is 1. The summed E-state index contributed by atoms with van der Waals surface area (Å²) in [4.78, 5) is 1.29. The number of hydrogen-bond donors (Lipinski definition) is 1. The van der Waals surface area contributed by atoms with Gasteiger partial charge in [0.05, 0.1) is 0 Å². The van der Waals surface area contributed by atoms with Crippen LogP contribution in [0.2, 0.25) is 5.02 Å². The van der Waals surface area contributed by atoms with Gasteiger partial charge in [-0.05, 0) is 44.7 Å². The van der Waals surface area contributed by atoms with Crippen molar-refractivity contribution in [3.63, 3.8) is 0 Å². The molecule has 1 aliphatic rings. The first-order valence-corrected chi connectivity index (χ1v) is 6.86. The van der Waals surface area contributed by atoms with Crippen molar-refractivity contribution in [2.75, 3.05) is 12.8 Å². The van der Waals surface area contributed by atoms with Crippen LogP contribution in [0.25, 0.3) is 0 Å². The number of nitrogens with one attached hydrogen (secondary N) is 1. The van der Waals surface area contributed by atoms with Crippen molar-refractivity contribution in [2.45, 2.75) is 30.2 Å². The smallest absolute Gasteiger partial charge is 0.0467 e. The number of rotatable bonds is 2. The summed E-state index contributed by atoms with van der Waals surface area (Å²) >= 11 is 8.10. The van der Waals surface area contributed by atoms with Crippen molar-refractivity contribution in [3.8, 4) is 0 Å². The first kappa shape index (κ1) is 11.3. The van der Waals surface area contributed by atoms with Gasteiger partial charge in [0, 0.05) is 21.0 Å². The van der Waals surface area contributed by atoms with Crippen LogP contribution in [0.15, 0.2) is 23.1 Å². The lowest BCUT2D eigenvalue weighted by Crippen LogP contribution is -2.34. The largest absolute Gasteiger partial charge is 0.308 e. The van der Waals surface area contributed by atoms with E-state index in [9.17, 15) is 0 Å². The highest BCUT2D eigenvalue weighted by Crippen LogP contribution is 2.40. The minimum Gasteiger partial charge on any atom is -0.308 e. The zero-order valence-corrected chi connectivity index (χ0v) is 10.7. The fourth-order valence-corrected chi connectivity index (χ4v) is 3.51. The topological polar surface area (TPSA) is 12.0 Å². The van der Waals surface area contributed by atoms with E-state index in [1.54, 1.807) is 11.8 Å². The zero-order chi connectivity index (χ0) is 10.9. The summed E-state index contributed by atoms with van der Waals surface area (Å²) < 4.78 is 0. The fourth-order valence-electron chi connectivity index (χ4n) is 2.32. The van der Waals surface area contributed by atoms with Crippen LogP contribution in [-0.2, 0) is 5.54 Å². The summed E-state index contributed by atoms with van der Waals surface area (Å²) in [7, 11) is 0. The molecule has 0 amide bonds. The van der Waals surface area contributed by atoms with Gasteiger partial charge < -0.3 is 5.32 Å². The molecule has 1 unspecified atom stereocenters. The van der Waals surface area contributed by atoms with Gasteiger partial charge >= 0.3 is 0 Å². The summed E-state index contributed by atoms with van der Waals surface area (Å²) in [6.07, 6.45) is 4.51. The molecule has 0 radical (unpaired) electrons. The van der Waals surface area contributed by atoms with Crippen molar-refractivity contribution in [1.29, 1.82) is 0 Å². The Bertz CT molecular complexity index is 359. The Kier molecular flexibility index (Phi) is 3.29. The summed E-state index contributed by atoms with van der Waals surface area (Å²) in [5, 5.41) is 4.45. The molecule has 1 aromatic carbocycles. The minimum atomic E-state index is 0.0662. The van der Waals surface area contributed by atoms with Gasteiger partial charge in [-0.15, -0.1) is 11.8 Å². The Balaban J connectivity index is 2.49. The highest BCUT2D eigenvalue weighted by molar-refractivity contribution is 7.98. The molecule has 82 valence electrons. The molecule has 0 bridgehead atoms. The molecule has 2 rings (SSSR count). The van der Waals surface area contributed by atoms with Crippen molar-refractivity contribution in [3.05, 3.63) is 28.8 Å². The lowest BCUT2D eigenvalue weighted by Gasteiger charge is -2.28. The monoisotopic (exact) mass is 241 g/mol. The van der Waals surface area contributed by atoms with Crippen LogP contribution in [0, 0.1) is 0 Å². The lowest BCUT2D eigenvalue weighted by atomic mass is 9.90. The fraction of sp³-hybridized carbons (Fsp3) is 0.500. The van der Waals surface area contributed by atoms with E-state index in [0.29, 0.717) is 0 Å². The van der Waals surface area contributed by atoms with Crippen molar-refractivity contribution in [2.24, 2.45) is 0 Å². The number of hydrogen-bond acceptors (Lipinski definition) is 2. The van der Waals surface area contributed by atoms with E-state index < -0.39 is 0 Å². The second-order valence-corrected chi connectivity index (χ2v) is 5.43. The molecule has 1 heterocycles. The van der Waals surface area contributed by atoms with Gasteiger partial charge in [-0.3, -0.25) is 0 Å². The molecular formula is C12H16ClNS. The summed E-state index contributed by atoms with van der Waals surface area (Å²) in [6.45, 7) is 3.34. The Labute approximate surface area is 101 Å². The predicted octanol–water partition coefficient (Wildman–Crippen LogP) is 3.66. The minimum absolute atomic E-state index is 0.0662. The molecule has 0 saturated carbocycles. The van der Waals surface area contributed by atoms with Crippen molar-refractivity contribution >= 4 is 23.4 Å². The summed E-state index contributed by atoms with van der Waals surface area (Å²) in [6, 6.07) is 6.16. The summed E-state index contributed by atoms with van der Waals surface area (Å²) in [5.41, 5.74) is 1.34. The Morgan fingerprint density at radius 2 is 2.27 bits per heavy atom. The maximum absolute atomic E-state index is 6.32. The van der Waals surface area contributed by atoms with Gasteiger partial charge in [0.2, 0.25) is 0 Å². The maximum atomic E-state index is 6.32. The van der Waals surface area contributed by atoms with E-state index >= 15 is 0 Å². The maximum Gasteiger partial charge on any atom is 0.0467 e. The van der Waals surface area contributed by atoms with Crippen LogP contribution in [0.1, 0.15) is 25.3 Å². The molecule has 0 spiro atoms. The van der Waals surface area contributed by atoms with Crippen LogP contribution in [0.4, 0.5) is 0 Å². The van der Waals surface area contributed by atoms with E-state index in [2.05, 4.69) is 24.6 Å². The van der Waals surface area contributed by atoms with E-state index in [0.717, 1.165) is 11.6 Å². The average Bonchev–Trinajstić information content (AvgIpc) is 2.65. The van der Waals surface area contributed by atoms with E-state index in [4.69, 9.17) is 11.6 Å². The third-order valence-electron chi connectivity index (χ3n) is 3.12. The SMILES string of the molecule is CSc1cccc(Cl)c1C1(C)CCCN1. The molecule has 1 nitrogen and oxygen atoms in total. The average molecular weight is 242 g/mol. The lowest BCUT2D eigenvalue weighted by molar-refractivity contribution is 0.427. The van der Waals surface area contributed by atoms with Crippen molar-refractivity contribution in [1.82, 2.24) is 5.32 Å². The van der Waals surface area contributed by atoms with Crippen LogP contribution in [-0.4, -0.2) is 12.8 Å². The first-order valence-electron chi connectivity index (χ1n) is 5.25. The third-order valence-corrected chi connectivity index (χ3v) is 4.21. The van der Waals surface area contributed by atoms with Crippen LogP contribution >= 0.6 is 23.4 Å². The molecule has 0 aliphatic carbocycles. The zero-order valence-electron chi connectivity index (χ0n) is 9.14. The second-order valence-electron chi connectivity index (χ2n) is 4.18. The standard InChI is InChI=1S/C12H16ClNS/c1-12(7-4-8-14-12)11-9(13)5-3-6-10(11)15-2/h3,5-6,14H,4,7-8H2,1-2H3. The number of benzene rings is 1. The first-order chi connectivity index (χ1) is 7.17. The molecule has 1 N–H and O–H groups in total. The summed E-state index contributed by atoms with van der Waals surface area (Å²) in [5.74, 6) is 0. The highest BCUT2D eigenvalue weighted by Gasteiger charge is 2.33. The molecule has 0 aromatic heterocycles. The Hall–Kier alpha value is -0.180. The van der Waals surface area contributed by atoms with Gasteiger partial charge in [-0.2, -0.15) is 0 Å². The van der Waals surface area contributed by atoms with Crippen LogP contribution in [0.3, 0.4) is 0 Å². The van der Waals surface area contributed by atoms with Crippen LogP contribution in [0.5, 0.6) is 0 Å². The highest BCUT2D eigenvalue weighted by atomic mass is 35.5.